The molecule has 150 heavy (non-hydrogen) atoms. The van der Waals surface area contributed by atoms with Gasteiger partial charge in [0.2, 0.25) is 0 Å². The maximum absolute atomic E-state index is 10.8. The van der Waals surface area contributed by atoms with Gasteiger partial charge in [0.1, 0.15) is 0 Å². The van der Waals surface area contributed by atoms with Crippen LogP contribution in [0.1, 0.15) is 148 Å². The number of likely N-dealkylation sites (N-methyl/N-ethyl adjacent to an activating group) is 3. The minimum absolute atomic E-state index is 0.0687. The number of nitrogens with one attached hydrogen (secondary N) is 6. The predicted molar refractivity (Wildman–Crippen MR) is 662 cm³/mol. The number of thioether (sulfide) groups is 6. The number of carbonyl (C=O) groups is 1. The van der Waals surface area contributed by atoms with Crippen LogP contribution in [0.5, 0.6) is 0 Å². The molecule has 8 aliphatic rings. The van der Waals surface area contributed by atoms with Crippen molar-refractivity contribution in [2.24, 2.45) is 0 Å². The van der Waals surface area contributed by atoms with Crippen molar-refractivity contribution >= 4 is 213 Å². The molecule has 6 aromatic heterocycles. The topological polar surface area (TPSA) is 216 Å². The SMILES string of the molecule is CCCCCCN1CCSc2cc(CC(=N)c3cccs3)ccc21.CCN(CC)CCN1CCSc2cc(CC(=N)c3cccs3)ccc21.CN(C)CCN1CCSc2cc(CC(=N)c3cccs3)ccc21.CN(CCN1CCSc2cc(CC(=N)c3cccs3)ccc21)CC(=O)O.CN1CCCC1CCN1CCSc2cc(CC(=N)c3cccs3)ccc21.N=C(Cc1ccc2c(c1)SCCN2CCN1CCCCC1)c1cccs1. The van der Waals surface area contributed by atoms with Crippen molar-refractivity contribution in [1.82, 2.24) is 24.5 Å². The van der Waals surface area contributed by atoms with E-state index in [2.05, 4.69) is 200 Å². The number of hydrogen-bond donors (Lipinski definition) is 7. The highest BCUT2D eigenvalue weighted by Crippen LogP contribution is 2.43. The number of carboxylic acid groups (broad SMARTS) is 1. The van der Waals surface area contributed by atoms with E-state index in [4.69, 9.17) is 37.6 Å². The van der Waals surface area contributed by atoms with Gasteiger partial charge in [0.05, 0.1) is 74.9 Å². The fraction of sp³-hybridized carbons (Fsp3) is 0.437. The lowest BCUT2D eigenvalue weighted by atomic mass is 10.1. The van der Waals surface area contributed by atoms with Gasteiger partial charge in [0.25, 0.3) is 0 Å². The molecule has 14 heterocycles. The molecule has 0 aliphatic carbocycles. The predicted octanol–water partition coefficient (Wildman–Crippen LogP) is 27.1. The van der Waals surface area contributed by atoms with Gasteiger partial charge in [-0.3, -0.25) is 9.69 Å². The first-order valence-corrected chi connectivity index (χ1v) is 64.8. The molecule has 0 radical (unpaired) electrons. The van der Waals surface area contributed by atoms with E-state index in [1.165, 1.54) is 211 Å². The molecule has 0 spiro atoms. The maximum atomic E-state index is 10.8. The van der Waals surface area contributed by atoms with Crippen LogP contribution >= 0.6 is 139 Å². The Morgan fingerprint density at radius 3 is 0.913 bits per heavy atom. The summed E-state index contributed by atoms with van der Waals surface area (Å²) in [6.45, 7) is 30.1. The molecule has 0 saturated carbocycles. The molecule has 1 unspecified atom stereocenters. The molecule has 798 valence electrons. The molecule has 12 aromatic rings. The van der Waals surface area contributed by atoms with Crippen LogP contribution in [-0.2, 0) is 43.3 Å². The summed E-state index contributed by atoms with van der Waals surface area (Å²) in [7, 11) is 8.36. The summed E-state index contributed by atoms with van der Waals surface area (Å²) < 4.78 is 0. The molecule has 0 amide bonds. The van der Waals surface area contributed by atoms with E-state index in [1.54, 1.807) is 68.0 Å². The number of thiophene rings is 6. The molecule has 0 bridgehead atoms. The van der Waals surface area contributed by atoms with Gasteiger partial charge in [-0.15, -0.1) is 139 Å². The Kier molecular flexibility index (Phi) is 46.8. The minimum Gasteiger partial charge on any atom is -0.480 e. The van der Waals surface area contributed by atoms with Gasteiger partial charge in [-0.25, -0.2) is 0 Å². The van der Waals surface area contributed by atoms with Gasteiger partial charge in [-0.2, -0.15) is 0 Å². The normalized spacial score (nSPS) is 15.7. The molecule has 2 fully saturated rings. The molecule has 31 heteroatoms. The van der Waals surface area contributed by atoms with Crippen molar-refractivity contribution < 1.29 is 9.90 Å². The van der Waals surface area contributed by atoms with E-state index < -0.39 is 5.97 Å². The number of rotatable bonds is 42. The third-order valence-electron chi connectivity index (χ3n) is 28.5. The van der Waals surface area contributed by atoms with Gasteiger partial charge in [0, 0.05) is 242 Å². The number of likely N-dealkylation sites (tertiary alicyclic amines) is 2. The first-order valence-electron chi connectivity index (χ1n) is 53.6. The summed E-state index contributed by atoms with van der Waals surface area (Å²) in [4.78, 5) is 52.1. The Morgan fingerprint density at radius 2 is 0.633 bits per heavy atom. The molecule has 7 N–H and O–H groups in total. The fourth-order valence-electron chi connectivity index (χ4n) is 20.0. The molecule has 19 nitrogen and oxygen atoms in total. The van der Waals surface area contributed by atoms with Crippen molar-refractivity contribution in [3.63, 3.8) is 0 Å². The number of aliphatic carboxylic acids is 1. The first kappa shape index (κ1) is 116. The Bertz CT molecular complexity index is 6230. The van der Waals surface area contributed by atoms with Crippen molar-refractivity contribution in [3.8, 4) is 0 Å². The number of nitrogens with zero attached hydrogens (tertiary/aromatic N) is 11. The number of unbranched alkanes of at least 4 members (excludes halogenated alkanes) is 3. The van der Waals surface area contributed by atoms with Crippen LogP contribution in [0.3, 0.4) is 0 Å². The second-order valence-electron chi connectivity index (χ2n) is 39.6. The lowest BCUT2D eigenvalue weighted by Gasteiger charge is -2.34. The number of benzene rings is 6. The van der Waals surface area contributed by atoms with E-state index in [0.717, 1.165) is 194 Å². The van der Waals surface area contributed by atoms with Gasteiger partial charge in [-0.1, -0.05) is 119 Å². The second-order valence-corrected chi connectivity index (χ2v) is 52.1. The summed E-state index contributed by atoms with van der Waals surface area (Å²) in [5.41, 5.74) is 19.8. The highest BCUT2D eigenvalue weighted by atomic mass is 32.2. The molecule has 1 atom stereocenters. The third-order valence-corrected chi connectivity index (χ3v) is 40.2. The molecular weight excluding hydrogens is 2080 g/mol. The van der Waals surface area contributed by atoms with Crippen LogP contribution in [0, 0.1) is 32.5 Å². The van der Waals surface area contributed by atoms with Gasteiger partial charge >= 0.3 is 5.97 Å². The molecule has 20 rings (SSSR count). The van der Waals surface area contributed by atoms with E-state index in [1.807, 2.05) is 188 Å². The summed E-state index contributed by atoms with van der Waals surface area (Å²) in [6, 6.07) is 65.4. The zero-order chi connectivity index (χ0) is 105. The summed E-state index contributed by atoms with van der Waals surface area (Å²) in [5, 5.41) is 70.9. The third kappa shape index (κ3) is 35.1. The zero-order valence-electron chi connectivity index (χ0n) is 88.6. The summed E-state index contributed by atoms with van der Waals surface area (Å²) in [5.74, 6) is 6.04. The number of anilines is 6. The Hall–Kier alpha value is -8.29. The van der Waals surface area contributed by atoms with E-state index in [9.17, 15) is 4.79 Å². The number of hydrogen-bond acceptors (Lipinski definition) is 30. The lowest BCUT2D eigenvalue weighted by Crippen LogP contribution is -2.39. The largest absolute Gasteiger partial charge is 0.480 e. The standard InChI is InChI=1S/2C21H27N3S2.C20H27N3S2.C20H26N2S2.C19H23N3O2S2.C18H23N3S2/c1-23-9-2-4-17(23)8-10-24-11-13-26-21-15-16(6-7-19(21)24)14-18(22)20-5-3-12-25-20;22-18(20-5-4-13-25-20)15-17-6-7-19-21(16-17)26-14-12-24(19)11-10-23-8-2-1-3-9-23;1-3-22(4-2)9-10-23-11-13-25-20-15-16(7-8-18(20)23)14-17(21)19-6-5-12-24-19;1-2-3-4-5-10-22-11-13-24-20-15-16(8-9-18(20)22)14-17(21)19-7-6-12-23-19;1-21(13-19(23)24)6-7-22-8-10-26-18-12-14(4-5-16(18)22)11-15(20)17-3-2-9-25-17;1-20(2)7-8-21-9-11-23-18-13-14(5-6-16(18)21)12-15(19)17-4-3-10-22-17/h3,5-7,12,15,17,22H,2,4,8-11,13-14H2,1H3;4-7,13,16,22H,1-3,8-12,14-15H2;5-8,12,15,21H,3-4,9-11,13-14H2,1-2H3;6-9,12,15,21H,2-5,10-11,13-14H2,1H3;2-5,9,12,20H,6-8,10-11,13H2,1H3,(H,23,24);3-6,10,13,19H,7-9,11-12H2,1-2H3. The minimum atomic E-state index is -0.792. The van der Waals surface area contributed by atoms with Crippen LogP contribution in [0.2, 0.25) is 0 Å². The van der Waals surface area contributed by atoms with Crippen LogP contribution in [-0.4, -0.2) is 283 Å². The van der Waals surface area contributed by atoms with Crippen molar-refractivity contribution in [1.29, 1.82) is 32.5 Å². The number of fused-ring (bicyclic) bond motifs is 6. The summed E-state index contributed by atoms with van der Waals surface area (Å²) in [6.07, 6.45) is 17.7. The van der Waals surface area contributed by atoms with Gasteiger partial charge in [0.15, 0.2) is 0 Å². The summed E-state index contributed by atoms with van der Waals surface area (Å²) >= 11 is 21.5. The van der Waals surface area contributed by atoms with Crippen LogP contribution in [0.25, 0.3) is 0 Å². The first-order chi connectivity index (χ1) is 73.1. The Morgan fingerprint density at radius 1 is 0.333 bits per heavy atom. The number of carboxylic acids is 1. The second kappa shape index (κ2) is 60.7. The van der Waals surface area contributed by atoms with Crippen molar-refractivity contribution in [3.05, 3.63) is 277 Å². The average molecular weight is 2240 g/mol. The molecule has 6 aromatic carbocycles. The average Bonchev–Trinajstić information content (AvgIpc) is 1.39. The zero-order valence-corrected chi connectivity index (χ0v) is 98.4. The highest BCUT2D eigenvalue weighted by Gasteiger charge is 2.29. The van der Waals surface area contributed by atoms with Crippen LogP contribution in [0.4, 0.5) is 34.1 Å². The van der Waals surface area contributed by atoms with E-state index in [-0.39, 0.29) is 6.54 Å². The van der Waals surface area contributed by atoms with Gasteiger partial charge in [-0.05, 0) is 274 Å². The highest BCUT2D eigenvalue weighted by molar-refractivity contribution is 8.00. The maximum Gasteiger partial charge on any atom is 0.317 e. The lowest BCUT2D eigenvalue weighted by molar-refractivity contribution is -0.137. The molecule has 2 saturated heterocycles. The smallest absolute Gasteiger partial charge is 0.317 e. The van der Waals surface area contributed by atoms with Crippen LogP contribution in [0.15, 0.2) is 244 Å². The molecular formula is C119H153N17O2S12. The van der Waals surface area contributed by atoms with E-state index >= 15 is 0 Å². The molecule has 8 aliphatic heterocycles. The Labute approximate surface area is 943 Å². The van der Waals surface area contributed by atoms with Crippen LogP contribution < -0.4 is 29.4 Å². The van der Waals surface area contributed by atoms with Crippen molar-refractivity contribution in [2.75, 3.05) is 236 Å². The monoisotopic (exact) mass is 2240 g/mol. The van der Waals surface area contributed by atoms with E-state index in [0.29, 0.717) is 36.4 Å². The quantitative estimate of drug-likeness (QED) is 0.0140. The fourth-order valence-corrected chi connectivity index (χ4v) is 30.7. The Balaban J connectivity index is 0.000000135. The van der Waals surface area contributed by atoms with Crippen molar-refractivity contribution in [2.45, 2.75) is 159 Å². The number of piperidine rings is 1. The van der Waals surface area contributed by atoms with Gasteiger partial charge < -0.3 is 86.6 Å².